The topological polar surface area (TPSA) is 101 Å². The maximum absolute atomic E-state index is 13.3. The van der Waals surface area contributed by atoms with Gasteiger partial charge in [-0.15, -0.1) is 11.3 Å². The molecule has 10 heteroatoms. The quantitative estimate of drug-likeness (QED) is 0.526. The molecule has 1 unspecified atom stereocenters. The van der Waals surface area contributed by atoms with E-state index in [1.807, 2.05) is 36.3 Å². The molecule has 1 saturated heterocycles. The van der Waals surface area contributed by atoms with Gasteiger partial charge in [-0.1, -0.05) is 37.2 Å². The van der Waals surface area contributed by atoms with E-state index in [9.17, 15) is 9.59 Å². The van der Waals surface area contributed by atoms with Gasteiger partial charge in [0.2, 0.25) is 17.6 Å². The molecule has 0 saturated carbocycles. The van der Waals surface area contributed by atoms with E-state index < -0.39 is 6.04 Å². The molecule has 2 aromatic heterocycles. The van der Waals surface area contributed by atoms with Gasteiger partial charge < -0.3 is 19.5 Å². The van der Waals surface area contributed by atoms with Crippen LogP contribution in [-0.4, -0.2) is 71.1 Å². The molecule has 1 aliphatic rings. The smallest absolute Gasteiger partial charge is 0.255 e. The first kappa shape index (κ1) is 23.9. The second kappa shape index (κ2) is 10.8. The first-order chi connectivity index (χ1) is 16.5. The van der Waals surface area contributed by atoms with Crippen LogP contribution in [0.3, 0.4) is 0 Å². The second-order valence-corrected chi connectivity index (χ2v) is 9.43. The molecule has 1 aliphatic heterocycles. The van der Waals surface area contributed by atoms with Crippen LogP contribution in [0.4, 0.5) is 0 Å². The van der Waals surface area contributed by atoms with E-state index in [1.165, 1.54) is 7.11 Å². The van der Waals surface area contributed by atoms with E-state index in [2.05, 4.69) is 20.4 Å². The first-order valence-electron chi connectivity index (χ1n) is 11.3. The number of nitrogens with zero attached hydrogens (tertiary/aromatic N) is 4. The van der Waals surface area contributed by atoms with Crippen molar-refractivity contribution < 1.29 is 18.8 Å². The zero-order chi connectivity index (χ0) is 24.1. The maximum atomic E-state index is 13.3. The van der Waals surface area contributed by atoms with Crippen LogP contribution in [-0.2, 0) is 11.3 Å². The Bertz CT molecular complexity index is 1110. The lowest BCUT2D eigenvalue weighted by atomic mass is 10.0. The Kier molecular flexibility index (Phi) is 7.59. The number of piperazine rings is 1. The SMILES string of the molecule is COc1ccccc1C(=O)NC(C(=O)N1CCN(Cc2nc(-c3cccs3)no2)CC1)C(C)C. The molecule has 1 N–H and O–H groups in total. The van der Waals surface area contributed by atoms with Gasteiger partial charge in [0, 0.05) is 26.2 Å². The zero-order valence-electron chi connectivity index (χ0n) is 19.6. The number of hydrogen-bond acceptors (Lipinski definition) is 8. The molecular formula is C24H29N5O4S. The summed E-state index contributed by atoms with van der Waals surface area (Å²) in [4.78, 5) is 35.6. The van der Waals surface area contributed by atoms with Crippen molar-refractivity contribution in [3.63, 3.8) is 0 Å². The average Bonchev–Trinajstić information content (AvgIpc) is 3.54. The number of amides is 2. The number of ether oxygens (including phenoxy) is 1. The highest BCUT2D eigenvalue weighted by Crippen LogP contribution is 2.22. The van der Waals surface area contributed by atoms with Gasteiger partial charge in [0.15, 0.2) is 0 Å². The summed E-state index contributed by atoms with van der Waals surface area (Å²) in [5, 5.41) is 8.95. The molecule has 9 nitrogen and oxygen atoms in total. The van der Waals surface area contributed by atoms with E-state index in [-0.39, 0.29) is 17.7 Å². The van der Waals surface area contributed by atoms with E-state index in [0.29, 0.717) is 55.8 Å². The fourth-order valence-electron chi connectivity index (χ4n) is 3.90. The van der Waals surface area contributed by atoms with Gasteiger partial charge in [-0.2, -0.15) is 4.98 Å². The number of aromatic nitrogens is 2. The first-order valence-corrected chi connectivity index (χ1v) is 12.2. The van der Waals surface area contributed by atoms with Crippen molar-refractivity contribution >= 4 is 23.2 Å². The van der Waals surface area contributed by atoms with Crippen LogP contribution in [0.15, 0.2) is 46.3 Å². The number of para-hydroxylation sites is 1. The maximum Gasteiger partial charge on any atom is 0.255 e. The van der Waals surface area contributed by atoms with Crippen molar-refractivity contribution in [2.75, 3.05) is 33.3 Å². The molecule has 34 heavy (non-hydrogen) atoms. The van der Waals surface area contributed by atoms with Crippen LogP contribution >= 0.6 is 11.3 Å². The average molecular weight is 484 g/mol. The lowest BCUT2D eigenvalue weighted by Gasteiger charge is -2.36. The minimum atomic E-state index is -0.617. The van der Waals surface area contributed by atoms with E-state index in [4.69, 9.17) is 9.26 Å². The molecule has 0 aliphatic carbocycles. The number of thiophene rings is 1. The molecule has 0 bridgehead atoms. The standard InChI is InChI=1S/C24H29N5O4S/c1-16(2)21(26-23(30)17-7-4-5-8-18(17)32-3)24(31)29-12-10-28(11-13-29)15-20-25-22(27-33-20)19-9-6-14-34-19/h4-9,14,16,21H,10-13,15H2,1-3H3,(H,26,30). The van der Waals surface area contributed by atoms with Crippen LogP contribution in [0.1, 0.15) is 30.1 Å². The number of carbonyl (C=O) groups is 2. The van der Waals surface area contributed by atoms with Crippen LogP contribution in [0.2, 0.25) is 0 Å². The Morgan fingerprint density at radius 3 is 2.59 bits per heavy atom. The lowest BCUT2D eigenvalue weighted by Crippen LogP contribution is -2.56. The summed E-state index contributed by atoms with van der Waals surface area (Å²) in [7, 11) is 1.52. The molecule has 3 heterocycles. The number of methoxy groups -OCH3 is 1. The van der Waals surface area contributed by atoms with Crippen LogP contribution in [0, 0.1) is 5.92 Å². The summed E-state index contributed by atoms with van der Waals surface area (Å²) in [6, 6.07) is 10.3. The molecule has 1 aromatic carbocycles. The summed E-state index contributed by atoms with van der Waals surface area (Å²) in [5.74, 6) is 1.19. The Balaban J connectivity index is 1.33. The fraction of sp³-hybridized carbons (Fsp3) is 0.417. The minimum absolute atomic E-state index is 0.0572. The Hall–Kier alpha value is -3.24. The van der Waals surface area contributed by atoms with Crippen molar-refractivity contribution in [2.24, 2.45) is 5.92 Å². The minimum Gasteiger partial charge on any atom is -0.496 e. The van der Waals surface area contributed by atoms with Crippen molar-refractivity contribution in [3.05, 3.63) is 53.2 Å². The Morgan fingerprint density at radius 1 is 1.15 bits per heavy atom. The van der Waals surface area contributed by atoms with Crippen LogP contribution in [0.5, 0.6) is 5.75 Å². The van der Waals surface area contributed by atoms with Crippen molar-refractivity contribution in [3.8, 4) is 16.5 Å². The van der Waals surface area contributed by atoms with Gasteiger partial charge >= 0.3 is 0 Å². The second-order valence-electron chi connectivity index (χ2n) is 8.49. The molecule has 3 aromatic rings. The fourth-order valence-corrected chi connectivity index (χ4v) is 4.55. The highest BCUT2D eigenvalue weighted by Gasteiger charge is 2.31. The van der Waals surface area contributed by atoms with Gasteiger partial charge in [0.25, 0.3) is 5.91 Å². The molecule has 2 amide bonds. The third-order valence-corrected chi connectivity index (χ3v) is 6.69. The predicted octanol–water partition coefficient (Wildman–Crippen LogP) is 2.91. The monoisotopic (exact) mass is 483 g/mol. The molecule has 4 rings (SSSR count). The third kappa shape index (κ3) is 5.45. The number of rotatable bonds is 8. The molecule has 0 spiro atoms. The number of benzene rings is 1. The summed E-state index contributed by atoms with van der Waals surface area (Å²) >= 11 is 1.57. The Morgan fingerprint density at radius 2 is 1.91 bits per heavy atom. The summed E-state index contributed by atoms with van der Waals surface area (Å²) in [5.41, 5.74) is 0.412. The van der Waals surface area contributed by atoms with Gasteiger partial charge in [0.1, 0.15) is 11.8 Å². The summed E-state index contributed by atoms with van der Waals surface area (Å²) in [6.07, 6.45) is 0. The predicted molar refractivity (Wildman–Crippen MR) is 129 cm³/mol. The van der Waals surface area contributed by atoms with E-state index >= 15 is 0 Å². The zero-order valence-corrected chi connectivity index (χ0v) is 20.4. The van der Waals surface area contributed by atoms with E-state index in [0.717, 1.165) is 4.88 Å². The van der Waals surface area contributed by atoms with Crippen molar-refractivity contribution in [2.45, 2.75) is 26.4 Å². The van der Waals surface area contributed by atoms with Gasteiger partial charge in [0.05, 0.1) is 24.1 Å². The summed E-state index contributed by atoms with van der Waals surface area (Å²) in [6.45, 7) is 6.92. The highest BCUT2D eigenvalue weighted by atomic mass is 32.1. The number of hydrogen-bond donors (Lipinski definition) is 1. The number of carbonyl (C=O) groups excluding carboxylic acids is 2. The van der Waals surface area contributed by atoms with Gasteiger partial charge in [-0.05, 0) is 29.5 Å². The highest BCUT2D eigenvalue weighted by molar-refractivity contribution is 7.13. The molecule has 1 atom stereocenters. The molecule has 180 valence electrons. The van der Waals surface area contributed by atoms with Gasteiger partial charge in [-0.3, -0.25) is 14.5 Å². The van der Waals surface area contributed by atoms with Crippen LogP contribution in [0.25, 0.3) is 10.7 Å². The third-order valence-electron chi connectivity index (χ3n) is 5.82. The normalized spacial score (nSPS) is 15.4. The Labute approximate surface area is 202 Å². The van der Waals surface area contributed by atoms with Gasteiger partial charge in [-0.25, -0.2) is 0 Å². The summed E-state index contributed by atoms with van der Waals surface area (Å²) < 4.78 is 10.7. The molecule has 1 fully saturated rings. The van der Waals surface area contributed by atoms with E-state index in [1.54, 1.807) is 35.6 Å². The largest absolute Gasteiger partial charge is 0.496 e. The molecular weight excluding hydrogens is 454 g/mol. The number of nitrogens with one attached hydrogen (secondary N) is 1. The lowest BCUT2D eigenvalue weighted by molar-refractivity contribution is -0.136. The van der Waals surface area contributed by atoms with Crippen molar-refractivity contribution in [1.82, 2.24) is 25.3 Å². The van der Waals surface area contributed by atoms with Crippen LogP contribution < -0.4 is 10.1 Å². The van der Waals surface area contributed by atoms with Crippen molar-refractivity contribution in [1.29, 1.82) is 0 Å². The molecule has 0 radical (unpaired) electrons.